The number of methoxy groups -OCH3 is 1. The lowest BCUT2D eigenvalue weighted by molar-refractivity contribution is -0.127. The third-order valence-electron chi connectivity index (χ3n) is 7.41. The zero-order valence-electron chi connectivity index (χ0n) is 20.5. The van der Waals surface area contributed by atoms with E-state index < -0.39 is 41.3 Å². The minimum atomic E-state index is -3.19. The SMILES string of the molecule is COc1ccc(N2CCC3(CCN(C(=O)NC(CC(C)(F)F)C(=O)NC4(C#N)CC4)CC3)C2=O)cc1. The number of anilines is 1. The fourth-order valence-electron chi connectivity index (χ4n) is 4.95. The first-order valence-electron chi connectivity index (χ1n) is 12.1. The number of nitriles is 1. The van der Waals surface area contributed by atoms with Gasteiger partial charge in [0, 0.05) is 31.7 Å². The van der Waals surface area contributed by atoms with Gasteiger partial charge in [-0.05, 0) is 63.3 Å². The van der Waals surface area contributed by atoms with Crippen LogP contribution in [0.2, 0.25) is 0 Å². The normalized spacial score (nSPS) is 21.0. The second kappa shape index (κ2) is 9.56. The molecule has 2 heterocycles. The number of carbonyl (C=O) groups excluding carboxylic acids is 3. The van der Waals surface area contributed by atoms with Crippen molar-refractivity contribution in [3.05, 3.63) is 24.3 Å². The molecule has 9 nitrogen and oxygen atoms in total. The van der Waals surface area contributed by atoms with E-state index in [9.17, 15) is 28.4 Å². The second-order valence-electron chi connectivity index (χ2n) is 10.1. The molecule has 4 amide bonds. The van der Waals surface area contributed by atoms with Crippen LogP contribution in [0.4, 0.5) is 19.3 Å². The molecule has 1 spiro atoms. The van der Waals surface area contributed by atoms with Gasteiger partial charge in [-0.25, -0.2) is 13.6 Å². The molecule has 1 aromatic rings. The standard InChI is InChI=1S/C25H31F2N5O4/c1-23(26,27)15-19(20(33)30-25(16-28)7-8-25)29-22(35)31-12-9-24(10-13-31)11-14-32(21(24)34)17-3-5-18(36-2)6-4-17/h3-6,19H,7-15H2,1-2H3,(H,29,35)(H,30,33). The van der Waals surface area contributed by atoms with Gasteiger partial charge in [-0.2, -0.15) is 5.26 Å². The van der Waals surface area contributed by atoms with Crippen LogP contribution in [0.3, 0.4) is 0 Å². The van der Waals surface area contributed by atoms with Crippen molar-refractivity contribution in [2.45, 2.75) is 63.0 Å². The van der Waals surface area contributed by atoms with E-state index in [1.54, 1.807) is 24.1 Å². The van der Waals surface area contributed by atoms with Crippen LogP contribution in [-0.2, 0) is 9.59 Å². The molecule has 4 rings (SSSR count). The average molecular weight is 504 g/mol. The lowest BCUT2D eigenvalue weighted by Crippen LogP contribution is -2.56. The highest BCUT2D eigenvalue weighted by Crippen LogP contribution is 2.43. The number of rotatable bonds is 7. The smallest absolute Gasteiger partial charge is 0.318 e. The lowest BCUT2D eigenvalue weighted by atomic mass is 9.77. The molecule has 2 saturated heterocycles. The van der Waals surface area contributed by atoms with Crippen molar-refractivity contribution < 1.29 is 27.9 Å². The van der Waals surface area contributed by atoms with Crippen LogP contribution in [0, 0.1) is 16.7 Å². The molecule has 1 aliphatic carbocycles. The fourth-order valence-corrected chi connectivity index (χ4v) is 4.95. The van der Waals surface area contributed by atoms with Crippen LogP contribution in [-0.4, -0.2) is 67.0 Å². The first-order valence-corrected chi connectivity index (χ1v) is 12.1. The molecular weight excluding hydrogens is 472 g/mol. The summed E-state index contributed by atoms with van der Waals surface area (Å²) in [5, 5.41) is 14.1. The molecule has 1 atom stereocenters. The van der Waals surface area contributed by atoms with Gasteiger partial charge in [-0.1, -0.05) is 0 Å². The molecule has 1 saturated carbocycles. The Labute approximate surface area is 208 Å². The maximum absolute atomic E-state index is 13.8. The van der Waals surface area contributed by atoms with E-state index in [-0.39, 0.29) is 19.0 Å². The van der Waals surface area contributed by atoms with Gasteiger partial charge in [0.1, 0.15) is 17.3 Å². The minimum Gasteiger partial charge on any atom is -0.497 e. The molecule has 0 aromatic heterocycles. The molecule has 3 fully saturated rings. The molecule has 1 unspecified atom stereocenters. The number of amides is 4. The minimum absolute atomic E-state index is 0.0156. The zero-order chi connectivity index (χ0) is 26.1. The summed E-state index contributed by atoms with van der Waals surface area (Å²) in [6, 6.07) is 7.16. The van der Waals surface area contributed by atoms with Crippen LogP contribution in [0.15, 0.2) is 24.3 Å². The summed E-state index contributed by atoms with van der Waals surface area (Å²) in [6.07, 6.45) is 1.59. The van der Waals surface area contributed by atoms with E-state index in [1.165, 1.54) is 4.90 Å². The van der Waals surface area contributed by atoms with E-state index in [0.29, 0.717) is 51.3 Å². The highest BCUT2D eigenvalue weighted by molar-refractivity contribution is 6.00. The van der Waals surface area contributed by atoms with Gasteiger partial charge >= 0.3 is 6.03 Å². The third kappa shape index (κ3) is 5.37. The molecule has 36 heavy (non-hydrogen) atoms. The Morgan fingerprint density at radius 1 is 1.14 bits per heavy atom. The van der Waals surface area contributed by atoms with E-state index in [4.69, 9.17) is 4.74 Å². The summed E-state index contributed by atoms with van der Waals surface area (Å²) in [4.78, 5) is 42.1. The second-order valence-corrected chi connectivity index (χ2v) is 10.1. The molecule has 2 N–H and O–H groups in total. The number of halogens is 2. The van der Waals surface area contributed by atoms with Gasteiger partial charge in [0.15, 0.2) is 0 Å². The maximum atomic E-state index is 13.8. The van der Waals surface area contributed by atoms with E-state index >= 15 is 0 Å². The number of nitrogens with one attached hydrogen (secondary N) is 2. The number of carbonyl (C=O) groups is 3. The van der Waals surface area contributed by atoms with Gasteiger partial charge in [-0.3, -0.25) is 9.59 Å². The van der Waals surface area contributed by atoms with Crippen molar-refractivity contribution >= 4 is 23.5 Å². The van der Waals surface area contributed by atoms with Gasteiger partial charge in [0.05, 0.1) is 18.6 Å². The van der Waals surface area contributed by atoms with Crippen molar-refractivity contribution in [1.29, 1.82) is 5.26 Å². The summed E-state index contributed by atoms with van der Waals surface area (Å²) in [7, 11) is 1.58. The van der Waals surface area contributed by atoms with Crippen LogP contribution >= 0.6 is 0 Å². The summed E-state index contributed by atoms with van der Waals surface area (Å²) in [5.74, 6) is -3.27. The summed E-state index contributed by atoms with van der Waals surface area (Å²) >= 11 is 0. The Kier molecular flexibility index (Phi) is 6.82. The van der Waals surface area contributed by atoms with E-state index in [2.05, 4.69) is 10.6 Å². The van der Waals surface area contributed by atoms with Gasteiger partial charge in [0.2, 0.25) is 17.7 Å². The zero-order valence-corrected chi connectivity index (χ0v) is 20.5. The summed E-state index contributed by atoms with van der Waals surface area (Å²) < 4.78 is 32.7. The molecular formula is C25H31F2N5O4. The largest absolute Gasteiger partial charge is 0.497 e. The summed E-state index contributed by atoms with van der Waals surface area (Å²) in [5.41, 5.74) is -0.813. The van der Waals surface area contributed by atoms with E-state index in [1.807, 2.05) is 18.2 Å². The third-order valence-corrected chi connectivity index (χ3v) is 7.41. The number of alkyl halides is 2. The molecule has 2 aliphatic heterocycles. The number of hydrogen-bond donors (Lipinski definition) is 2. The first-order chi connectivity index (χ1) is 17.0. The van der Waals surface area contributed by atoms with Crippen molar-refractivity contribution in [1.82, 2.24) is 15.5 Å². The number of ether oxygens (including phenoxy) is 1. The van der Waals surface area contributed by atoms with Gasteiger partial charge in [0.25, 0.3) is 0 Å². The number of nitrogens with zero attached hydrogens (tertiary/aromatic N) is 3. The predicted molar refractivity (Wildman–Crippen MR) is 126 cm³/mol. The Morgan fingerprint density at radius 3 is 2.28 bits per heavy atom. The molecule has 0 bridgehead atoms. The predicted octanol–water partition coefficient (Wildman–Crippen LogP) is 2.81. The Balaban J connectivity index is 1.36. The Morgan fingerprint density at radius 2 is 1.75 bits per heavy atom. The van der Waals surface area contributed by atoms with Crippen molar-refractivity contribution in [2.75, 3.05) is 31.6 Å². The van der Waals surface area contributed by atoms with E-state index in [0.717, 1.165) is 5.69 Å². The number of urea groups is 1. The highest BCUT2D eigenvalue weighted by Gasteiger charge is 2.50. The Bertz CT molecular complexity index is 1050. The van der Waals surface area contributed by atoms with Crippen LogP contribution in [0.5, 0.6) is 5.75 Å². The maximum Gasteiger partial charge on any atom is 0.318 e. The number of likely N-dealkylation sites (tertiary alicyclic amines) is 1. The van der Waals surface area contributed by atoms with Crippen molar-refractivity contribution in [3.8, 4) is 11.8 Å². The fraction of sp³-hybridized carbons (Fsp3) is 0.600. The number of hydrogen-bond acceptors (Lipinski definition) is 5. The first kappa shape index (κ1) is 25.7. The van der Waals surface area contributed by atoms with Crippen LogP contribution in [0.25, 0.3) is 0 Å². The molecule has 11 heteroatoms. The quantitative estimate of drug-likeness (QED) is 0.594. The van der Waals surface area contributed by atoms with Crippen LogP contribution < -0.4 is 20.3 Å². The average Bonchev–Trinajstić information content (AvgIpc) is 3.56. The van der Waals surface area contributed by atoms with Crippen LogP contribution in [0.1, 0.15) is 45.4 Å². The molecule has 3 aliphatic rings. The van der Waals surface area contributed by atoms with Gasteiger partial charge < -0.3 is 25.2 Å². The Hall–Kier alpha value is -3.42. The molecule has 194 valence electrons. The highest BCUT2D eigenvalue weighted by atomic mass is 19.3. The summed E-state index contributed by atoms with van der Waals surface area (Å²) in [6.45, 7) is 1.80. The molecule has 1 aromatic carbocycles. The van der Waals surface area contributed by atoms with Crippen molar-refractivity contribution in [2.24, 2.45) is 5.41 Å². The van der Waals surface area contributed by atoms with Gasteiger partial charge in [-0.15, -0.1) is 0 Å². The number of piperidine rings is 1. The number of benzene rings is 1. The monoisotopic (exact) mass is 503 g/mol. The van der Waals surface area contributed by atoms with Crippen molar-refractivity contribution in [3.63, 3.8) is 0 Å². The topological polar surface area (TPSA) is 115 Å². The molecule has 0 radical (unpaired) electrons. The lowest BCUT2D eigenvalue weighted by Gasteiger charge is -2.38.